The molecule has 0 saturated carbocycles. The highest BCUT2D eigenvalue weighted by atomic mass is 16.5. The second kappa shape index (κ2) is 10.3. The maximum Gasteiger partial charge on any atom is 0.133 e. The second-order valence-corrected chi connectivity index (χ2v) is 7.88. The van der Waals surface area contributed by atoms with E-state index in [0.29, 0.717) is 6.61 Å². The van der Waals surface area contributed by atoms with E-state index in [4.69, 9.17) is 9.47 Å². The van der Waals surface area contributed by atoms with E-state index in [1.165, 1.54) is 32.4 Å². The molecule has 1 fully saturated rings. The van der Waals surface area contributed by atoms with Gasteiger partial charge in [-0.25, -0.2) is 4.98 Å². The van der Waals surface area contributed by atoms with Crippen LogP contribution in [0.5, 0.6) is 11.5 Å². The molecule has 1 aromatic heterocycles. The van der Waals surface area contributed by atoms with Gasteiger partial charge >= 0.3 is 0 Å². The van der Waals surface area contributed by atoms with E-state index in [2.05, 4.69) is 21.8 Å². The number of hydrogen-bond acceptors (Lipinski definition) is 5. The molecule has 1 aliphatic heterocycles. The fraction of sp³-hybridized carbons (Fsp3) is 0.458. The largest absolute Gasteiger partial charge is 0.492 e. The molecular weight excluding hydrogens is 362 g/mol. The van der Waals surface area contributed by atoms with Gasteiger partial charge < -0.3 is 14.8 Å². The smallest absolute Gasteiger partial charge is 0.133 e. The minimum atomic E-state index is 0.0886. The Bertz CT molecular complexity index is 814. The third-order valence-corrected chi connectivity index (χ3v) is 5.00. The Morgan fingerprint density at radius 1 is 1.17 bits per heavy atom. The molecule has 2 heterocycles. The standard InChI is InChI=1S/C24H33N3O2/c1-18(2)29-23-16-21(20(4)26-24-19(3)9-8-10-25-24)15-22(17-23)28-14-13-27-11-6-5-7-12-27/h8-10,15-18H,4-7,11-14H2,1-3H3,(H,25,26). The second-order valence-electron chi connectivity index (χ2n) is 7.88. The van der Waals surface area contributed by atoms with Crippen LogP contribution < -0.4 is 14.8 Å². The molecule has 1 N–H and O–H groups in total. The van der Waals surface area contributed by atoms with Crippen molar-refractivity contribution in [3.63, 3.8) is 0 Å². The third kappa shape index (κ3) is 6.50. The summed E-state index contributed by atoms with van der Waals surface area (Å²) in [5.74, 6) is 2.39. The van der Waals surface area contributed by atoms with Crippen molar-refractivity contribution >= 4 is 11.5 Å². The molecule has 0 unspecified atom stereocenters. The van der Waals surface area contributed by atoms with E-state index in [-0.39, 0.29) is 6.10 Å². The Hall–Kier alpha value is -2.53. The van der Waals surface area contributed by atoms with Crippen LogP contribution in [-0.4, -0.2) is 42.2 Å². The predicted molar refractivity (Wildman–Crippen MR) is 120 cm³/mol. The first-order valence-corrected chi connectivity index (χ1v) is 10.6. The van der Waals surface area contributed by atoms with Gasteiger partial charge in [0, 0.05) is 30.1 Å². The number of rotatable bonds is 9. The average molecular weight is 396 g/mol. The van der Waals surface area contributed by atoms with Crippen molar-refractivity contribution in [1.29, 1.82) is 0 Å². The molecule has 2 aromatic rings. The lowest BCUT2D eigenvalue weighted by molar-refractivity contribution is 0.182. The summed E-state index contributed by atoms with van der Waals surface area (Å²) in [4.78, 5) is 6.87. The van der Waals surface area contributed by atoms with E-state index in [1.54, 1.807) is 6.20 Å². The van der Waals surface area contributed by atoms with Crippen LogP contribution in [0.15, 0.2) is 43.1 Å². The molecule has 156 valence electrons. The number of piperidine rings is 1. The zero-order valence-corrected chi connectivity index (χ0v) is 17.9. The fourth-order valence-corrected chi connectivity index (χ4v) is 3.48. The van der Waals surface area contributed by atoms with Crippen molar-refractivity contribution in [3.8, 4) is 11.5 Å². The van der Waals surface area contributed by atoms with Gasteiger partial charge in [-0.15, -0.1) is 0 Å². The van der Waals surface area contributed by atoms with Crippen molar-refractivity contribution in [2.75, 3.05) is 31.6 Å². The number of benzene rings is 1. The molecule has 3 rings (SSSR count). The highest BCUT2D eigenvalue weighted by Gasteiger charge is 2.12. The van der Waals surface area contributed by atoms with Crippen LogP contribution >= 0.6 is 0 Å². The molecule has 0 spiro atoms. The summed E-state index contributed by atoms with van der Waals surface area (Å²) >= 11 is 0. The van der Waals surface area contributed by atoms with Gasteiger partial charge in [-0.1, -0.05) is 19.1 Å². The minimum absolute atomic E-state index is 0.0886. The number of aromatic nitrogens is 1. The van der Waals surface area contributed by atoms with Crippen molar-refractivity contribution in [2.45, 2.75) is 46.1 Å². The van der Waals surface area contributed by atoms with E-state index in [0.717, 1.165) is 40.7 Å². The van der Waals surface area contributed by atoms with Gasteiger partial charge in [0.05, 0.1) is 6.10 Å². The summed E-state index contributed by atoms with van der Waals surface area (Å²) in [6.07, 6.45) is 5.79. The summed E-state index contributed by atoms with van der Waals surface area (Å²) < 4.78 is 12.0. The quantitative estimate of drug-likeness (QED) is 0.638. The van der Waals surface area contributed by atoms with E-state index >= 15 is 0 Å². The zero-order chi connectivity index (χ0) is 20.6. The van der Waals surface area contributed by atoms with E-state index in [9.17, 15) is 0 Å². The lowest BCUT2D eigenvalue weighted by atomic mass is 10.1. The van der Waals surface area contributed by atoms with Crippen LogP contribution in [0.2, 0.25) is 0 Å². The molecule has 0 atom stereocenters. The van der Waals surface area contributed by atoms with Crippen molar-refractivity contribution in [3.05, 3.63) is 54.2 Å². The first-order valence-electron chi connectivity index (χ1n) is 10.6. The molecule has 1 aromatic carbocycles. The predicted octanol–water partition coefficient (Wildman–Crippen LogP) is 5.12. The first kappa shape index (κ1) is 21.2. The molecule has 5 heteroatoms. The lowest BCUT2D eigenvalue weighted by Gasteiger charge is -2.26. The molecule has 0 bridgehead atoms. The van der Waals surface area contributed by atoms with Gasteiger partial charge in [0.25, 0.3) is 0 Å². The number of ether oxygens (including phenoxy) is 2. The summed E-state index contributed by atoms with van der Waals surface area (Å²) in [6.45, 7) is 14.3. The number of anilines is 1. The fourth-order valence-electron chi connectivity index (χ4n) is 3.48. The maximum atomic E-state index is 6.09. The number of pyridine rings is 1. The van der Waals surface area contributed by atoms with Gasteiger partial charge in [-0.2, -0.15) is 0 Å². The van der Waals surface area contributed by atoms with Gasteiger partial charge in [0.15, 0.2) is 0 Å². The van der Waals surface area contributed by atoms with Gasteiger partial charge in [0.2, 0.25) is 0 Å². The SMILES string of the molecule is C=C(Nc1ncccc1C)c1cc(OCCN2CCCCC2)cc(OC(C)C)c1. The Balaban J connectivity index is 1.70. The summed E-state index contributed by atoms with van der Waals surface area (Å²) in [5, 5.41) is 3.32. The number of nitrogens with one attached hydrogen (secondary N) is 1. The van der Waals surface area contributed by atoms with Crippen LogP contribution in [0.4, 0.5) is 5.82 Å². The van der Waals surface area contributed by atoms with Gasteiger partial charge in [0.1, 0.15) is 23.9 Å². The highest BCUT2D eigenvalue weighted by molar-refractivity contribution is 5.76. The van der Waals surface area contributed by atoms with Crippen LogP contribution in [0.1, 0.15) is 44.2 Å². The molecule has 0 amide bonds. The summed E-state index contributed by atoms with van der Waals surface area (Å²) in [6, 6.07) is 9.91. The zero-order valence-electron chi connectivity index (χ0n) is 17.9. The first-order chi connectivity index (χ1) is 14.0. The Morgan fingerprint density at radius 2 is 1.93 bits per heavy atom. The van der Waals surface area contributed by atoms with E-state index in [1.807, 2.05) is 51.1 Å². The van der Waals surface area contributed by atoms with Gasteiger partial charge in [-0.05, 0) is 70.5 Å². The Kier molecular flexibility index (Phi) is 7.53. The molecular formula is C24H33N3O2. The molecule has 0 aliphatic carbocycles. The highest BCUT2D eigenvalue weighted by Crippen LogP contribution is 2.28. The number of likely N-dealkylation sites (tertiary alicyclic amines) is 1. The Morgan fingerprint density at radius 3 is 2.66 bits per heavy atom. The lowest BCUT2D eigenvalue weighted by Crippen LogP contribution is -2.33. The number of hydrogen-bond donors (Lipinski definition) is 1. The maximum absolute atomic E-state index is 6.09. The monoisotopic (exact) mass is 395 g/mol. The van der Waals surface area contributed by atoms with Crippen molar-refractivity contribution in [2.24, 2.45) is 0 Å². The van der Waals surface area contributed by atoms with Crippen molar-refractivity contribution in [1.82, 2.24) is 9.88 Å². The Labute approximate surface area is 174 Å². The van der Waals surface area contributed by atoms with Crippen LogP contribution in [0, 0.1) is 6.92 Å². The van der Waals surface area contributed by atoms with Crippen LogP contribution in [0.25, 0.3) is 5.70 Å². The van der Waals surface area contributed by atoms with Crippen LogP contribution in [-0.2, 0) is 0 Å². The topological polar surface area (TPSA) is 46.6 Å². The summed E-state index contributed by atoms with van der Waals surface area (Å²) in [7, 11) is 0. The molecule has 29 heavy (non-hydrogen) atoms. The normalized spacial score (nSPS) is 14.6. The molecule has 1 aliphatic rings. The summed E-state index contributed by atoms with van der Waals surface area (Å²) in [5.41, 5.74) is 2.77. The average Bonchev–Trinajstić information content (AvgIpc) is 2.70. The van der Waals surface area contributed by atoms with Gasteiger partial charge in [-0.3, -0.25) is 4.90 Å². The minimum Gasteiger partial charge on any atom is -0.492 e. The van der Waals surface area contributed by atoms with E-state index < -0.39 is 0 Å². The molecule has 0 radical (unpaired) electrons. The number of nitrogens with zero attached hydrogens (tertiary/aromatic N) is 2. The molecule has 5 nitrogen and oxygen atoms in total. The van der Waals surface area contributed by atoms with Crippen molar-refractivity contribution < 1.29 is 9.47 Å². The third-order valence-electron chi connectivity index (χ3n) is 5.00. The van der Waals surface area contributed by atoms with Crippen LogP contribution in [0.3, 0.4) is 0 Å². The number of aryl methyl sites for hydroxylation is 1. The molecule has 1 saturated heterocycles.